The first kappa shape index (κ1) is 13.0. The predicted molar refractivity (Wildman–Crippen MR) is 65.3 cm³/mol. The van der Waals surface area contributed by atoms with E-state index in [1.165, 1.54) is 17.8 Å². The fourth-order valence-electron chi connectivity index (χ4n) is 2.24. The summed E-state index contributed by atoms with van der Waals surface area (Å²) in [7, 11) is 0. The van der Waals surface area contributed by atoms with E-state index < -0.39 is 29.8 Å². The van der Waals surface area contributed by atoms with Crippen molar-refractivity contribution in [1.29, 1.82) is 0 Å². The summed E-state index contributed by atoms with van der Waals surface area (Å²) < 4.78 is 6.34. The lowest BCUT2D eigenvalue weighted by Crippen LogP contribution is -2.43. The summed E-state index contributed by atoms with van der Waals surface area (Å²) >= 11 is 0. The maximum atomic E-state index is 11.7. The number of nitrogens with one attached hydrogen (secondary N) is 1. The van der Waals surface area contributed by atoms with E-state index in [2.05, 4.69) is 15.0 Å². The molecular formula is C10H13N5O5. The fraction of sp³-hybridized carbons (Fsp3) is 0.500. The summed E-state index contributed by atoms with van der Waals surface area (Å²) in [6.45, 7) is 1.29. The minimum Gasteiger partial charge on any atom is -0.385 e. The van der Waals surface area contributed by atoms with Gasteiger partial charge in [0.1, 0.15) is 11.7 Å². The number of nitrogen functional groups attached to an aromatic ring is 1. The van der Waals surface area contributed by atoms with Gasteiger partial charge in [-0.05, 0) is 6.92 Å². The van der Waals surface area contributed by atoms with Gasteiger partial charge in [-0.3, -0.25) is 14.3 Å². The van der Waals surface area contributed by atoms with Gasteiger partial charge in [-0.25, -0.2) is 4.98 Å². The molecule has 10 heteroatoms. The second-order valence-electron chi connectivity index (χ2n) is 4.82. The van der Waals surface area contributed by atoms with Crippen molar-refractivity contribution >= 4 is 17.1 Å². The van der Waals surface area contributed by atoms with Gasteiger partial charge in [0.15, 0.2) is 23.7 Å². The second kappa shape index (κ2) is 3.99. The van der Waals surface area contributed by atoms with Crippen molar-refractivity contribution in [2.75, 3.05) is 5.73 Å². The highest BCUT2D eigenvalue weighted by molar-refractivity contribution is 5.70. The van der Waals surface area contributed by atoms with Gasteiger partial charge < -0.3 is 25.8 Å². The Morgan fingerprint density at radius 2 is 2.25 bits per heavy atom. The number of hydrogen-bond acceptors (Lipinski definition) is 8. The average Bonchev–Trinajstić information content (AvgIpc) is 2.85. The molecule has 1 saturated heterocycles. The lowest BCUT2D eigenvalue weighted by molar-refractivity contribution is -0.141. The average molecular weight is 283 g/mol. The van der Waals surface area contributed by atoms with Crippen LogP contribution in [0.3, 0.4) is 0 Å². The van der Waals surface area contributed by atoms with Crippen molar-refractivity contribution in [3.05, 3.63) is 16.7 Å². The molecule has 3 heterocycles. The van der Waals surface area contributed by atoms with Gasteiger partial charge in [0.2, 0.25) is 5.95 Å². The topological polar surface area (TPSA) is 160 Å². The van der Waals surface area contributed by atoms with Gasteiger partial charge >= 0.3 is 0 Å². The van der Waals surface area contributed by atoms with Crippen molar-refractivity contribution < 1.29 is 20.1 Å². The summed E-state index contributed by atoms with van der Waals surface area (Å²) in [5.41, 5.74) is 3.23. The number of anilines is 1. The third kappa shape index (κ3) is 1.63. The van der Waals surface area contributed by atoms with E-state index in [1.807, 2.05) is 0 Å². The van der Waals surface area contributed by atoms with E-state index in [0.29, 0.717) is 0 Å². The molecule has 0 spiro atoms. The first-order chi connectivity index (χ1) is 9.32. The normalized spacial score (nSPS) is 33.9. The number of aliphatic hydroxyl groups excluding tert-OH is 2. The number of ether oxygens (including phenoxy) is 1. The molecule has 10 nitrogen and oxygen atoms in total. The van der Waals surface area contributed by atoms with Crippen LogP contribution in [0.4, 0.5) is 5.95 Å². The lowest BCUT2D eigenvalue weighted by atomic mass is 9.99. The highest BCUT2D eigenvalue weighted by Gasteiger charge is 2.53. The Labute approximate surface area is 111 Å². The fourth-order valence-corrected chi connectivity index (χ4v) is 2.24. The first-order valence-electron chi connectivity index (χ1n) is 5.78. The number of aliphatic hydroxyl groups is 3. The van der Waals surface area contributed by atoms with E-state index in [1.54, 1.807) is 0 Å². The summed E-state index contributed by atoms with van der Waals surface area (Å²) in [5, 5.41) is 29.4. The van der Waals surface area contributed by atoms with Gasteiger partial charge in [0, 0.05) is 0 Å². The molecule has 0 aliphatic carbocycles. The van der Waals surface area contributed by atoms with Crippen molar-refractivity contribution in [2.45, 2.75) is 31.1 Å². The van der Waals surface area contributed by atoms with Crippen LogP contribution in [-0.2, 0) is 4.74 Å². The summed E-state index contributed by atoms with van der Waals surface area (Å²) in [6, 6.07) is 0. The van der Waals surface area contributed by atoms with Gasteiger partial charge in [-0.2, -0.15) is 4.98 Å². The Bertz CT molecular complexity index is 722. The molecule has 0 radical (unpaired) electrons. The Hall–Kier alpha value is -2.01. The molecule has 108 valence electrons. The van der Waals surface area contributed by atoms with Crippen LogP contribution in [0.2, 0.25) is 0 Å². The molecule has 1 aliphatic heterocycles. The Morgan fingerprint density at radius 1 is 1.55 bits per heavy atom. The van der Waals surface area contributed by atoms with Crippen molar-refractivity contribution in [2.24, 2.45) is 0 Å². The van der Waals surface area contributed by atoms with E-state index in [-0.39, 0.29) is 17.1 Å². The number of imidazole rings is 1. The molecule has 1 unspecified atom stereocenters. The molecule has 3 rings (SSSR count). The molecule has 2 aromatic heterocycles. The summed E-state index contributed by atoms with van der Waals surface area (Å²) in [6.07, 6.45) is -3.02. The predicted octanol–water partition coefficient (Wildman–Crippen LogP) is -2.34. The number of nitrogens with two attached hydrogens (primary N) is 1. The van der Waals surface area contributed by atoms with Crippen LogP contribution in [0.25, 0.3) is 11.2 Å². The maximum Gasteiger partial charge on any atom is 0.280 e. The van der Waals surface area contributed by atoms with Crippen LogP contribution >= 0.6 is 0 Å². The van der Waals surface area contributed by atoms with Gasteiger partial charge in [0.05, 0.1) is 6.33 Å². The minimum atomic E-state index is -1.79. The van der Waals surface area contributed by atoms with Crippen LogP contribution in [0.5, 0.6) is 0 Å². The number of aromatic amines is 1. The Kier molecular flexibility index (Phi) is 2.59. The highest BCUT2D eigenvalue weighted by Crippen LogP contribution is 2.38. The van der Waals surface area contributed by atoms with Crippen LogP contribution < -0.4 is 11.3 Å². The summed E-state index contributed by atoms with van der Waals surface area (Å²) in [4.78, 5) is 21.7. The molecule has 1 fully saturated rings. The van der Waals surface area contributed by atoms with E-state index in [0.717, 1.165) is 0 Å². The third-order valence-corrected chi connectivity index (χ3v) is 3.34. The number of nitrogens with zero attached hydrogens (tertiary/aromatic N) is 3. The number of hydrogen-bond donors (Lipinski definition) is 5. The lowest BCUT2D eigenvalue weighted by Gasteiger charge is -2.26. The van der Waals surface area contributed by atoms with E-state index >= 15 is 0 Å². The zero-order valence-corrected chi connectivity index (χ0v) is 10.4. The monoisotopic (exact) mass is 283 g/mol. The molecule has 6 N–H and O–H groups in total. The molecule has 20 heavy (non-hydrogen) atoms. The molecule has 1 aliphatic rings. The van der Waals surface area contributed by atoms with Gasteiger partial charge in [0.25, 0.3) is 5.56 Å². The van der Waals surface area contributed by atoms with Crippen LogP contribution in [0.1, 0.15) is 13.2 Å². The highest BCUT2D eigenvalue weighted by atomic mass is 16.7. The molecule has 2 aromatic rings. The van der Waals surface area contributed by atoms with Crippen LogP contribution in [0, 0.1) is 0 Å². The maximum absolute atomic E-state index is 11.7. The van der Waals surface area contributed by atoms with E-state index in [9.17, 15) is 20.1 Å². The summed E-state index contributed by atoms with van der Waals surface area (Å²) in [5.74, 6) is -0.122. The first-order valence-corrected chi connectivity index (χ1v) is 5.78. The quantitative estimate of drug-likeness (QED) is 0.389. The number of rotatable bonds is 1. The molecule has 0 bridgehead atoms. The second-order valence-corrected chi connectivity index (χ2v) is 4.82. The molecule has 0 amide bonds. The zero-order chi connectivity index (χ0) is 14.7. The number of H-pyrrole nitrogens is 1. The molecule has 4 atom stereocenters. The van der Waals surface area contributed by atoms with E-state index in [4.69, 9.17) is 10.5 Å². The van der Waals surface area contributed by atoms with Gasteiger partial charge in [-0.1, -0.05) is 0 Å². The van der Waals surface area contributed by atoms with Crippen LogP contribution in [0.15, 0.2) is 11.1 Å². The number of fused-ring (bicyclic) bond motifs is 1. The van der Waals surface area contributed by atoms with Gasteiger partial charge in [-0.15, -0.1) is 0 Å². The van der Waals surface area contributed by atoms with Crippen molar-refractivity contribution in [1.82, 2.24) is 19.5 Å². The Balaban J connectivity index is 2.19. The SMILES string of the molecule is C[C@@]1(O)[C@H](O)C(O)O[C@H]1n1cnc2c(=O)[nH]c(N)nc21. The largest absolute Gasteiger partial charge is 0.385 e. The smallest absolute Gasteiger partial charge is 0.280 e. The third-order valence-electron chi connectivity index (χ3n) is 3.34. The Morgan fingerprint density at radius 3 is 2.85 bits per heavy atom. The molecular weight excluding hydrogens is 270 g/mol. The standard InChI is InChI=1S/C10H13N5O5/c1-10(19)4(16)7(18)20-8(10)15-2-12-3-5(15)13-9(11)14-6(3)17/h2,4,7-8,16,18-19H,1H3,(H3,11,13,14,17)/t4-,7?,8-,10-/m1/s1. The minimum absolute atomic E-state index is 0.00878. The zero-order valence-electron chi connectivity index (χ0n) is 10.4. The van der Waals surface area contributed by atoms with Crippen LogP contribution in [-0.4, -0.2) is 52.8 Å². The van der Waals surface area contributed by atoms with Crippen molar-refractivity contribution in [3.8, 4) is 0 Å². The molecule has 0 aromatic carbocycles. The van der Waals surface area contributed by atoms with Crippen molar-refractivity contribution in [3.63, 3.8) is 0 Å². The number of aromatic nitrogens is 4. The molecule has 0 saturated carbocycles.